The highest BCUT2D eigenvalue weighted by Gasteiger charge is 2.45. The van der Waals surface area contributed by atoms with Crippen molar-refractivity contribution < 1.29 is 4.42 Å². The molecule has 0 bridgehead atoms. The average molecular weight is 438 g/mol. The van der Waals surface area contributed by atoms with Gasteiger partial charge in [-0.05, 0) is 67.9 Å². The van der Waals surface area contributed by atoms with Crippen LogP contribution in [0, 0.1) is 6.92 Å². The first kappa shape index (κ1) is 19.6. The monoisotopic (exact) mass is 437 g/mol. The zero-order valence-electron chi connectivity index (χ0n) is 16.8. The third-order valence-electron chi connectivity index (χ3n) is 6.30. The first-order chi connectivity index (χ1) is 14.6. The minimum absolute atomic E-state index is 0.0243. The van der Waals surface area contributed by atoms with Gasteiger partial charge in [-0.2, -0.15) is 0 Å². The normalized spacial score (nSPS) is 21.9. The van der Waals surface area contributed by atoms with E-state index < -0.39 is 0 Å². The summed E-state index contributed by atoms with van der Waals surface area (Å²) in [5.74, 6) is 1.73. The second-order valence-corrected chi connectivity index (χ2v) is 8.88. The molecule has 1 aliphatic carbocycles. The largest absolute Gasteiger partial charge is 0.459 e. The van der Waals surface area contributed by atoms with Crippen molar-refractivity contribution in [1.29, 1.82) is 0 Å². The molecular weight excluding hydrogens is 414 g/mol. The predicted octanol–water partition coefficient (Wildman–Crippen LogP) is 6.22. The summed E-state index contributed by atoms with van der Waals surface area (Å²) < 4.78 is 6.45. The van der Waals surface area contributed by atoms with Gasteiger partial charge in [0.15, 0.2) is 5.11 Å². The van der Waals surface area contributed by atoms with Crippen LogP contribution in [0.15, 0.2) is 59.1 Å². The second-order valence-electron chi connectivity index (χ2n) is 8.09. The molecular formula is C24H24ClN3OS. The second kappa shape index (κ2) is 8.05. The molecule has 1 saturated carbocycles. The Bertz CT molecular complexity index is 1060. The Morgan fingerprint density at radius 1 is 1.10 bits per heavy atom. The van der Waals surface area contributed by atoms with Crippen molar-refractivity contribution in [3.63, 3.8) is 0 Å². The zero-order valence-corrected chi connectivity index (χ0v) is 18.4. The van der Waals surface area contributed by atoms with Crippen molar-refractivity contribution >= 4 is 28.9 Å². The summed E-state index contributed by atoms with van der Waals surface area (Å²) >= 11 is 12.1. The van der Waals surface area contributed by atoms with Crippen LogP contribution in [-0.4, -0.2) is 21.0 Å². The summed E-state index contributed by atoms with van der Waals surface area (Å²) in [7, 11) is 0. The number of halogens is 1. The minimum atomic E-state index is -0.0428. The number of aromatic nitrogens is 1. The van der Waals surface area contributed by atoms with Gasteiger partial charge in [-0.25, -0.2) is 0 Å². The molecule has 6 heteroatoms. The van der Waals surface area contributed by atoms with Crippen molar-refractivity contribution in [2.24, 2.45) is 0 Å². The highest BCUT2D eigenvalue weighted by Crippen LogP contribution is 2.44. The highest BCUT2D eigenvalue weighted by atomic mass is 35.5. The van der Waals surface area contributed by atoms with E-state index in [4.69, 9.17) is 28.2 Å². The predicted molar refractivity (Wildman–Crippen MR) is 123 cm³/mol. The van der Waals surface area contributed by atoms with Crippen molar-refractivity contribution in [2.45, 2.75) is 50.7 Å². The van der Waals surface area contributed by atoms with E-state index in [9.17, 15) is 0 Å². The molecule has 0 spiro atoms. The van der Waals surface area contributed by atoms with E-state index in [0.29, 0.717) is 6.04 Å². The number of rotatable bonds is 4. The summed E-state index contributed by atoms with van der Waals surface area (Å²) in [5, 5.41) is 5.06. The maximum absolute atomic E-state index is 6.45. The van der Waals surface area contributed by atoms with E-state index in [1.54, 1.807) is 0 Å². The number of nitrogens with one attached hydrogen (secondary N) is 1. The first-order valence-electron chi connectivity index (χ1n) is 10.5. The van der Waals surface area contributed by atoms with E-state index in [1.165, 1.54) is 12.8 Å². The van der Waals surface area contributed by atoms with Crippen LogP contribution < -0.4 is 5.32 Å². The van der Waals surface area contributed by atoms with Crippen LogP contribution in [0.25, 0.3) is 11.3 Å². The maximum Gasteiger partial charge on any atom is 0.170 e. The van der Waals surface area contributed by atoms with E-state index in [1.807, 2.05) is 49.5 Å². The van der Waals surface area contributed by atoms with Crippen molar-refractivity contribution in [2.75, 3.05) is 0 Å². The molecule has 4 nitrogen and oxygen atoms in total. The Hall–Kier alpha value is -2.37. The lowest BCUT2D eigenvalue weighted by molar-refractivity contribution is 0.218. The molecule has 2 fully saturated rings. The van der Waals surface area contributed by atoms with Gasteiger partial charge in [0.25, 0.3) is 0 Å². The molecule has 0 unspecified atom stereocenters. The molecule has 2 atom stereocenters. The van der Waals surface area contributed by atoms with Crippen LogP contribution in [0.1, 0.15) is 54.8 Å². The van der Waals surface area contributed by atoms with Gasteiger partial charge in [0.2, 0.25) is 0 Å². The molecule has 2 aliphatic rings. The van der Waals surface area contributed by atoms with Gasteiger partial charge in [-0.3, -0.25) is 4.98 Å². The molecule has 30 heavy (non-hydrogen) atoms. The number of thiocarbonyl (C=S) groups is 1. The number of furan rings is 1. The molecule has 1 aromatic carbocycles. The van der Waals surface area contributed by atoms with Crippen LogP contribution in [0.2, 0.25) is 5.02 Å². The van der Waals surface area contributed by atoms with E-state index in [0.717, 1.165) is 51.3 Å². The van der Waals surface area contributed by atoms with Gasteiger partial charge in [0, 0.05) is 22.8 Å². The molecule has 1 saturated heterocycles. The number of nitrogens with zero attached hydrogens (tertiary/aromatic N) is 2. The third-order valence-corrected chi connectivity index (χ3v) is 7.04. The molecule has 0 radical (unpaired) electrons. The van der Waals surface area contributed by atoms with Gasteiger partial charge >= 0.3 is 0 Å². The van der Waals surface area contributed by atoms with Crippen LogP contribution >= 0.6 is 23.8 Å². The summed E-state index contributed by atoms with van der Waals surface area (Å²) in [6.07, 6.45) is 6.65. The minimum Gasteiger partial charge on any atom is -0.459 e. The lowest BCUT2D eigenvalue weighted by atomic mass is 10.0. The van der Waals surface area contributed by atoms with Gasteiger partial charge < -0.3 is 14.6 Å². The number of hydrogen-bond acceptors (Lipinski definition) is 3. The lowest BCUT2D eigenvalue weighted by Gasteiger charge is -2.31. The SMILES string of the molecule is Cc1c(Cl)cccc1-c1ccc([C@H]2[C@H](c3ccccn3)NC(=S)N2C2CCCC2)o1. The summed E-state index contributed by atoms with van der Waals surface area (Å²) in [4.78, 5) is 6.97. The van der Waals surface area contributed by atoms with Gasteiger partial charge in [0.05, 0.1) is 11.7 Å². The number of hydrogen-bond donors (Lipinski definition) is 1. The smallest absolute Gasteiger partial charge is 0.170 e. The summed E-state index contributed by atoms with van der Waals surface area (Å²) in [6, 6.07) is 16.4. The Kier molecular flexibility index (Phi) is 5.25. The Balaban J connectivity index is 1.57. The van der Waals surface area contributed by atoms with Crippen molar-refractivity contribution in [3.05, 3.63) is 76.8 Å². The first-order valence-corrected chi connectivity index (χ1v) is 11.3. The fraction of sp³-hybridized carbons (Fsp3) is 0.333. The molecule has 3 heterocycles. The molecule has 154 valence electrons. The fourth-order valence-electron chi connectivity index (χ4n) is 4.78. The van der Waals surface area contributed by atoms with E-state index >= 15 is 0 Å². The standard InChI is InChI=1S/C24H24ClN3OS/c1-15-17(9-6-10-18(15)25)20-12-13-21(29-20)23-22(19-11-4-5-14-26-19)27-24(30)28(23)16-7-2-3-8-16/h4-6,9-14,16,22-23H,2-3,7-8H2,1H3,(H,27,30)/t22-,23-/m0/s1. The lowest BCUT2D eigenvalue weighted by Crippen LogP contribution is -2.37. The number of pyridine rings is 1. The summed E-state index contributed by atoms with van der Waals surface area (Å²) in [6.45, 7) is 2.02. The number of benzene rings is 1. The topological polar surface area (TPSA) is 41.3 Å². The molecule has 1 N–H and O–H groups in total. The zero-order chi connectivity index (χ0) is 20.7. The Labute approximate surface area is 187 Å². The Morgan fingerprint density at radius 2 is 1.93 bits per heavy atom. The molecule has 1 aliphatic heterocycles. The Morgan fingerprint density at radius 3 is 2.70 bits per heavy atom. The van der Waals surface area contributed by atoms with Crippen molar-refractivity contribution in [1.82, 2.24) is 15.2 Å². The van der Waals surface area contributed by atoms with Crippen LogP contribution in [-0.2, 0) is 0 Å². The fourth-order valence-corrected chi connectivity index (χ4v) is 5.34. The van der Waals surface area contributed by atoms with E-state index in [-0.39, 0.29) is 12.1 Å². The molecule has 5 rings (SSSR count). The maximum atomic E-state index is 6.45. The third kappa shape index (κ3) is 3.40. The highest BCUT2D eigenvalue weighted by molar-refractivity contribution is 7.80. The van der Waals surface area contributed by atoms with Crippen LogP contribution in [0.5, 0.6) is 0 Å². The summed E-state index contributed by atoms with van der Waals surface area (Å²) in [5.41, 5.74) is 3.01. The van der Waals surface area contributed by atoms with E-state index in [2.05, 4.69) is 27.3 Å². The molecule has 0 amide bonds. The van der Waals surface area contributed by atoms with Crippen molar-refractivity contribution in [3.8, 4) is 11.3 Å². The molecule has 3 aromatic rings. The van der Waals surface area contributed by atoms with Gasteiger partial charge in [-0.15, -0.1) is 0 Å². The van der Waals surface area contributed by atoms with Crippen LogP contribution in [0.3, 0.4) is 0 Å². The van der Waals surface area contributed by atoms with Gasteiger partial charge in [0.1, 0.15) is 17.6 Å². The van der Waals surface area contributed by atoms with Gasteiger partial charge in [-0.1, -0.05) is 42.6 Å². The molecule has 2 aromatic heterocycles. The average Bonchev–Trinajstić information content (AvgIpc) is 3.50. The van der Waals surface area contributed by atoms with Crippen LogP contribution in [0.4, 0.5) is 0 Å². The quantitative estimate of drug-likeness (QED) is 0.491.